The summed E-state index contributed by atoms with van der Waals surface area (Å²) in [6.45, 7) is 0. The molecule has 7 heteroatoms. The molecule has 0 unspecified atom stereocenters. The van der Waals surface area contributed by atoms with Gasteiger partial charge >= 0.3 is 0 Å². The highest BCUT2D eigenvalue weighted by molar-refractivity contribution is 6.60. The van der Waals surface area contributed by atoms with Crippen LogP contribution < -0.4 is 19.1 Å². The van der Waals surface area contributed by atoms with Crippen LogP contribution in [0.3, 0.4) is 0 Å². The SMILES string of the molecule is COc1ccc(N2C(=O)C(Cl)=C(c3ccccc3OC)C2=O)c(OC)c1. The molecule has 0 N–H and O–H groups in total. The lowest BCUT2D eigenvalue weighted by Crippen LogP contribution is -2.31. The number of anilines is 1. The van der Waals surface area contributed by atoms with Gasteiger partial charge in [-0.3, -0.25) is 9.59 Å². The number of para-hydroxylation sites is 1. The first-order chi connectivity index (χ1) is 12.5. The highest BCUT2D eigenvalue weighted by atomic mass is 35.5. The molecule has 2 aromatic rings. The zero-order valence-electron chi connectivity index (χ0n) is 14.4. The lowest BCUT2D eigenvalue weighted by Gasteiger charge is -2.19. The van der Waals surface area contributed by atoms with Crippen molar-refractivity contribution in [2.24, 2.45) is 0 Å². The summed E-state index contributed by atoms with van der Waals surface area (Å²) in [5, 5.41) is -0.169. The standard InChI is InChI=1S/C19H16ClNO5/c1-24-11-8-9-13(15(10-11)26-3)21-18(22)16(17(20)19(21)23)12-6-4-5-7-14(12)25-2/h4-10H,1-3H3. The molecule has 2 aromatic carbocycles. The quantitative estimate of drug-likeness (QED) is 0.753. The van der Waals surface area contributed by atoms with Gasteiger partial charge in [-0.2, -0.15) is 0 Å². The van der Waals surface area contributed by atoms with E-state index in [0.717, 1.165) is 4.90 Å². The van der Waals surface area contributed by atoms with Gasteiger partial charge in [0.15, 0.2) is 0 Å². The number of hydrogen-bond donors (Lipinski definition) is 0. The summed E-state index contributed by atoms with van der Waals surface area (Å²) in [6, 6.07) is 11.7. The summed E-state index contributed by atoms with van der Waals surface area (Å²) < 4.78 is 15.7. The average molecular weight is 374 g/mol. The van der Waals surface area contributed by atoms with Gasteiger partial charge in [0.1, 0.15) is 22.3 Å². The predicted molar refractivity (Wildman–Crippen MR) is 97.8 cm³/mol. The Morgan fingerprint density at radius 1 is 0.846 bits per heavy atom. The van der Waals surface area contributed by atoms with Crippen molar-refractivity contribution in [3.63, 3.8) is 0 Å². The Morgan fingerprint density at radius 3 is 2.19 bits per heavy atom. The van der Waals surface area contributed by atoms with Gasteiger partial charge in [-0.1, -0.05) is 29.8 Å². The van der Waals surface area contributed by atoms with Crippen LogP contribution in [0.15, 0.2) is 47.5 Å². The first-order valence-corrected chi connectivity index (χ1v) is 8.05. The van der Waals surface area contributed by atoms with Crippen LogP contribution >= 0.6 is 11.6 Å². The highest BCUT2D eigenvalue weighted by Crippen LogP contribution is 2.41. The first-order valence-electron chi connectivity index (χ1n) is 7.67. The number of nitrogens with zero attached hydrogens (tertiary/aromatic N) is 1. The molecule has 0 aromatic heterocycles. The van der Waals surface area contributed by atoms with E-state index >= 15 is 0 Å². The Balaban J connectivity index is 2.10. The van der Waals surface area contributed by atoms with Gasteiger partial charge in [-0.25, -0.2) is 4.90 Å². The molecule has 1 aliphatic heterocycles. The van der Waals surface area contributed by atoms with Crippen LogP contribution in [-0.2, 0) is 9.59 Å². The molecule has 0 saturated heterocycles. The van der Waals surface area contributed by atoms with Crippen molar-refractivity contribution in [3.8, 4) is 17.2 Å². The molecule has 26 heavy (non-hydrogen) atoms. The van der Waals surface area contributed by atoms with Crippen LogP contribution in [-0.4, -0.2) is 33.1 Å². The molecule has 0 radical (unpaired) electrons. The van der Waals surface area contributed by atoms with Crippen molar-refractivity contribution in [1.29, 1.82) is 0 Å². The maximum Gasteiger partial charge on any atom is 0.277 e. The van der Waals surface area contributed by atoms with Crippen molar-refractivity contribution in [2.75, 3.05) is 26.2 Å². The Labute approximate surface area is 155 Å². The van der Waals surface area contributed by atoms with Crippen molar-refractivity contribution in [3.05, 3.63) is 53.1 Å². The molecular weight excluding hydrogens is 358 g/mol. The Kier molecular flexibility index (Phi) is 4.86. The van der Waals surface area contributed by atoms with Gasteiger partial charge in [-0.05, 0) is 18.2 Å². The van der Waals surface area contributed by atoms with Crippen LogP contribution in [0.2, 0.25) is 0 Å². The normalized spacial score (nSPS) is 14.1. The largest absolute Gasteiger partial charge is 0.497 e. The molecule has 0 bridgehead atoms. The second kappa shape index (κ2) is 7.09. The van der Waals surface area contributed by atoms with Gasteiger partial charge in [0, 0.05) is 11.6 Å². The summed E-state index contributed by atoms with van der Waals surface area (Å²) in [4.78, 5) is 26.7. The van der Waals surface area contributed by atoms with Crippen LogP contribution in [0.4, 0.5) is 5.69 Å². The number of methoxy groups -OCH3 is 3. The molecule has 0 spiro atoms. The highest BCUT2D eigenvalue weighted by Gasteiger charge is 2.41. The summed E-state index contributed by atoms with van der Waals surface area (Å²) in [7, 11) is 4.44. The molecule has 0 atom stereocenters. The molecule has 134 valence electrons. The Morgan fingerprint density at radius 2 is 1.54 bits per heavy atom. The molecule has 0 aliphatic carbocycles. The smallest absolute Gasteiger partial charge is 0.277 e. The summed E-state index contributed by atoms with van der Waals surface area (Å²) >= 11 is 6.23. The summed E-state index contributed by atoms with van der Waals surface area (Å²) in [5.74, 6) is 0.129. The van der Waals surface area contributed by atoms with E-state index in [1.54, 1.807) is 42.5 Å². The van der Waals surface area contributed by atoms with E-state index in [1.807, 2.05) is 0 Å². The molecule has 1 aliphatic rings. The fourth-order valence-corrected chi connectivity index (χ4v) is 3.04. The first kappa shape index (κ1) is 17.8. The number of carbonyl (C=O) groups excluding carboxylic acids is 2. The fraction of sp³-hybridized carbons (Fsp3) is 0.158. The number of rotatable bonds is 5. The minimum Gasteiger partial charge on any atom is -0.497 e. The molecule has 2 amide bonds. The molecule has 0 fully saturated rings. The lowest BCUT2D eigenvalue weighted by atomic mass is 10.0. The minimum atomic E-state index is -0.624. The average Bonchev–Trinajstić information content (AvgIpc) is 2.89. The molecule has 6 nitrogen and oxygen atoms in total. The fourth-order valence-electron chi connectivity index (χ4n) is 2.78. The van der Waals surface area contributed by atoms with Gasteiger partial charge in [-0.15, -0.1) is 0 Å². The zero-order valence-corrected chi connectivity index (χ0v) is 15.2. The maximum atomic E-state index is 13.0. The Bertz CT molecular complexity index is 922. The van der Waals surface area contributed by atoms with Crippen molar-refractivity contribution < 1.29 is 23.8 Å². The third-order valence-corrected chi connectivity index (χ3v) is 4.38. The monoisotopic (exact) mass is 373 g/mol. The second-order valence-corrected chi connectivity index (χ2v) is 5.75. The van der Waals surface area contributed by atoms with Crippen LogP contribution in [0.5, 0.6) is 17.2 Å². The Hall–Kier alpha value is -2.99. The number of halogens is 1. The lowest BCUT2D eigenvalue weighted by molar-refractivity contribution is -0.119. The minimum absolute atomic E-state index is 0.0898. The topological polar surface area (TPSA) is 65.1 Å². The van der Waals surface area contributed by atoms with E-state index in [-0.39, 0.29) is 16.3 Å². The van der Waals surface area contributed by atoms with Crippen molar-refractivity contribution in [2.45, 2.75) is 0 Å². The van der Waals surface area contributed by atoms with Gasteiger partial charge < -0.3 is 14.2 Å². The van der Waals surface area contributed by atoms with E-state index in [0.29, 0.717) is 22.8 Å². The van der Waals surface area contributed by atoms with Gasteiger partial charge in [0.25, 0.3) is 11.8 Å². The predicted octanol–water partition coefficient (Wildman–Crippen LogP) is 3.24. The van der Waals surface area contributed by atoms with Crippen molar-refractivity contribution >= 4 is 34.7 Å². The van der Waals surface area contributed by atoms with Crippen LogP contribution in [0.25, 0.3) is 5.57 Å². The number of ether oxygens (including phenoxy) is 3. The van der Waals surface area contributed by atoms with Gasteiger partial charge in [0.05, 0.1) is 32.6 Å². The van der Waals surface area contributed by atoms with Gasteiger partial charge in [0.2, 0.25) is 0 Å². The van der Waals surface area contributed by atoms with E-state index in [1.165, 1.54) is 21.3 Å². The third kappa shape index (κ3) is 2.78. The number of benzene rings is 2. The number of amides is 2. The number of imide groups is 1. The van der Waals surface area contributed by atoms with E-state index in [4.69, 9.17) is 25.8 Å². The zero-order chi connectivity index (χ0) is 18.8. The van der Waals surface area contributed by atoms with Crippen LogP contribution in [0, 0.1) is 0 Å². The summed E-state index contributed by atoms with van der Waals surface area (Å²) in [5.41, 5.74) is 0.826. The van der Waals surface area contributed by atoms with Crippen LogP contribution in [0.1, 0.15) is 5.56 Å². The summed E-state index contributed by atoms with van der Waals surface area (Å²) in [6.07, 6.45) is 0. The molecule has 1 heterocycles. The van der Waals surface area contributed by atoms with E-state index in [2.05, 4.69) is 0 Å². The van der Waals surface area contributed by atoms with E-state index in [9.17, 15) is 9.59 Å². The van der Waals surface area contributed by atoms with E-state index < -0.39 is 11.8 Å². The van der Waals surface area contributed by atoms with Crippen molar-refractivity contribution in [1.82, 2.24) is 0 Å². The molecular formula is C19H16ClNO5. The second-order valence-electron chi connectivity index (χ2n) is 5.37. The maximum absolute atomic E-state index is 13.0. The number of carbonyl (C=O) groups is 2. The molecule has 0 saturated carbocycles. The molecule has 3 rings (SSSR count). The number of hydrogen-bond acceptors (Lipinski definition) is 5. The third-order valence-electron chi connectivity index (χ3n) is 4.03.